The van der Waals surface area contributed by atoms with Gasteiger partial charge in [0.05, 0.1) is 34.1 Å². The van der Waals surface area contributed by atoms with Gasteiger partial charge in [0, 0.05) is 0 Å². The number of rotatable bonds is 4. The molecule has 2 aliphatic carbocycles. The Morgan fingerprint density at radius 1 is 0.638 bits per heavy atom. The van der Waals surface area contributed by atoms with Gasteiger partial charge in [-0.3, -0.25) is 14.3 Å². The summed E-state index contributed by atoms with van der Waals surface area (Å²) in [5, 5.41) is 117. The summed E-state index contributed by atoms with van der Waals surface area (Å²) >= 11 is 0. The number of esters is 4. The Labute approximate surface area is 319 Å². The molecule has 11 atom stereocenters. The summed E-state index contributed by atoms with van der Waals surface area (Å²) in [4.78, 5) is 81.5. The fraction of sp³-hybridized carbons (Fsp3) is 0.353. The largest absolute Gasteiger partial charge is 0.504 e. The Morgan fingerprint density at radius 3 is 1.53 bits per heavy atom. The highest BCUT2D eigenvalue weighted by Crippen LogP contribution is 2.66. The molecule has 0 amide bonds. The van der Waals surface area contributed by atoms with E-state index in [9.17, 15) is 84.9 Å². The van der Waals surface area contributed by atoms with E-state index in [0.717, 1.165) is 0 Å². The van der Waals surface area contributed by atoms with Crippen LogP contribution in [0.5, 0.6) is 34.5 Å². The molecule has 0 saturated carbocycles. The van der Waals surface area contributed by atoms with Crippen LogP contribution in [0, 0.1) is 11.8 Å². The lowest BCUT2D eigenvalue weighted by Crippen LogP contribution is -2.78. The van der Waals surface area contributed by atoms with Crippen LogP contribution in [0.2, 0.25) is 0 Å². The fourth-order valence-corrected chi connectivity index (χ4v) is 7.69. The summed E-state index contributed by atoms with van der Waals surface area (Å²) in [6, 6.07) is 2.37. The number of carbonyl (C=O) groups excluding carboxylic acids is 6. The molecule has 2 bridgehead atoms. The number of phenols is 6. The van der Waals surface area contributed by atoms with E-state index in [4.69, 9.17) is 33.2 Å². The molecule has 4 fully saturated rings. The standard InChI is InChI=1S/C34H26O24/c35-12-1-8(2-13(36)21(12)41)26(43)55-24-23-16(53-30(47)25(24)56-27(44)9-3-14(37)22(42)15(38)4-9)7-52-28(45)10-5-17(39)31(48)33(50)19(10)20-11(29(46)54-23)6-18(40)32(49,57-31)34(20,51)58-33/h1-6,16,19-20,23-25,30,35-38,41-42,47-51H,7H2/t16-,19?,20?,23-,24+,25-,30?,31+,32-,33-,34+/m1/s1. The first-order valence-electron chi connectivity index (χ1n) is 16.5. The smallest absolute Gasteiger partial charge is 0.339 e. The number of hydrogen-bond acceptors (Lipinski definition) is 24. The number of aromatic hydroxyl groups is 6. The van der Waals surface area contributed by atoms with E-state index < -0.39 is 165 Å². The molecule has 58 heavy (non-hydrogen) atoms. The molecular formula is C34H26O24. The monoisotopic (exact) mass is 818 g/mol. The van der Waals surface area contributed by atoms with Crippen molar-refractivity contribution in [3.05, 3.63) is 58.7 Å². The summed E-state index contributed by atoms with van der Waals surface area (Å²) in [6.07, 6.45) is -10.8. The summed E-state index contributed by atoms with van der Waals surface area (Å²) in [7, 11) is 0. The molecule has 0 radical (unpaired) electrons. The molecule has 11 N–H and O–H groups in total. The molecule has 8 rings (SSSR count). The van der Waals surface area contributed by atoms with E-state index >= 15 is 0 Å². The zero-order valence-electron chi connectivity index (χ0n) is 28.4. The van der Waals surface area contributed by atoms with Crippen molar-refractivity contribution in [2.45, 2.75) is 53.9 Å². The minimum absolute atomic E-state index is 0.295. The van der Waals surface area contributed by atoms with Gasteiger partial charge < -0.3 is 84.6 Å². The summed E-state index contributed by atoms with van der Waals surface area (Å²) < 4.78 is 37.3. The lowest BCUT2D eigenvalue weighted by atomic mass is 9.67. The van der Waals surface area contributed by atoms with Gasteiger partial charge in [-0.25, -0.2) is 19.2 Å². The molecule has 24 nitrogen and oxygen atoms in total. The molecule has 24 heteroatoms. The molecule has 2 aromatic carbocycles. The number of fused-ring (bicyclic) bond motifs is 1. The normalized spacial score (nSPS) is 37.4. The second kappa shape index (κ2) is 12.3. The summed E-state index contributed by atoms with van der Waals surface area (Å²) in [5.41, 5.74) is -3.42. The zero-order valence-corrected chi connectivity index (χ0v) is 28.4. The van der Waals surface area contributed by atoms with Gasteiger partial charge in [-0.05, 0) is 36.4 Å². The number of cyclic esters (lactones) is 1. The maximum atomic E-state index is 14.3. The number of benzene rings is 2. The van der Waals surface area contributed by atoms with E-state index in [0.29, 0.717) is 36.4 Å². The van der Waals surface area contributed by atoms with Gasteiger partial charge in [0.2, 0.25) is 23.1 Å². The Bertz CT molecular complexity index is 2290. The average molecular weight is 819 g/mol. The van der Waals surface area contributed by atoms with Gasteiger partial charge in [0.1, 0.15) is 12.7 Å². The Hall–Kier alpha value is -6.38. The predicted octanol–water partition coefficient (Wildman–Crippen LogP) is -4.08. The van der Waals surface area contributed by atoms with Crippen molar-refractivity contribution in [3.8, 4) is 34.5 Å². The van der Waals surface area contributed by atoms with Gasteiger partial charge in [0.15, 0.2) is 59.1 Å². The van der Waals surface area contributed by atoms with Crippen LogP contribution in [0.15, 0.2) is 47.6 Å². The summed E-state index contributed by atoms with van der Waals surface area (Å²) in [5.74, 6) is -35.3. The van der Waals surface area contributed by atoms with Gasteiger partial charge >= 0.3 is 23.9 Å². The van der Waals surface area contributed by atoms with Crippen LogP contribution < -0.4 is 0 Å². The predicted molar refractivity (Wildman–Crippen MR) is 168 cm³/mol. The molecule has 306 valence electrons. The van der Waals surface area contributed by atoms with E-state index in [-0.39, 0.29) is 0 Å². The molecule has 6 aliphatic rings. The van der Waals surface area contributed by atoms with E-state index in [2.05, 4.69) is 0 Å². The van der Waals surface area contributed by atoms with E-state index in [1.165, 1.54) is 0 Å². The molecular weight excluding hydrogens is 792 g/mol. The zero-order chi connectivity index (χ0) is 42.2. The van der Waals surface area contributed by atoms with Crippen molar-refractivity contribution in [1.82, 2.24) is 0 Å². The van der Waals surface area contributed by atoms with Gasteiger partial charge in [-0.15, -0.1) is 0 Å². The maximum absolute atomic E-state index is 14.3. The van der Waals surface area contributed by atoms with E-state index in [1.54, 1.807) is 0 Å². The fourth-order valence-electron chi connectivity index (χ4n) is 7.69. The highest BCUT2D eigenvalue weighted by atomic mass is 16.9. The Morgan fingerprint density at radius 2 is 1.07 bits per heavy atom. The van der Waals surface area contributed by atoms with Gasteiger partial charge in [-0.1, -0.05) is 0 Å². The highest BCUT2D eigenvalue weighted by Gasteiger charge is 2.88. The van der Waals surface area contributed by atoms with E-state index in [1.807, 2.05) is 0 Å². The minimum atomic E-state index is -3.74. The first-order valence-corrected chi connectivity index (χ1v) is 16.5. The molecule has 4 saturated heterocycles. The minimum Gasteiger partial charge on any atom is -0.504 e. The number of hydrogen-bond donors (Lipinski definition) is 11. The quantitative estimate of drug-likeness (QED) is 0.0794. The molecule has 4 heterocycles. The second-order valence-corrected chi connectivity index (χ2v) is 13.8. The number of ketones is 2. The average Bonchev–Trinajstić information content (AvgIpc) is 3.40. The number of phenolic OH excluding ortho intramolecular Hbond substituents is 6. The van der Waals surface area contributed by atoms with Crippen LogP contribution in [0.1, 0.15) is 20.7 Å². The van der Waals surface area contributed by atoms with Crippen molar-refractivity contribution in [2.24, 2.45) is 11.8 Å². The number of carbonyl (C=O) groups is 6. The molecule has 0 spiro atoms. The third-order valence-corrected chi connectivity index (χ3v) is 10.5. The number of ether oxygens (including phenoxy) is 7. The van der Waals surface area contributed by atoms with Crippen molar-refractivity contribution in [1.29, 1.82) is 0 Å². The van der Waals surface area contributed by atoms with Crippen LogP contribution in [0.4, 0.5) is 0 Å². The van der Waals surface area contributed by atoms with Crippen molar-refractivity contribution in [3.63, 3.8) is 0 Å². The lowest BCUT2D eigenvalue weighted by molar-refractivity contribution is -0.516. The highest BCUT2D eigenvalue weighted by molar-refractivity contribution is 6.10. The van der Waals surface area contributed by atoms with Crippen molar-refractivity contribution in [2.75, 3.05) is 6.61 Å². The topological polar surface area (TPSA) is 390 Å². The summed E-state index contributed by atoms with van der Waals surface area (Å²) in [6.45, 7) is -1.14. The third kappa shape index (κ3) is 5.04. The Balaban J connectivity index is 1.25. The SMILES string of the molecule is O=C1O[C@H]2[C@H](OC(=O)c3cc(O)c(O)c(O)c3)[C@@H](OC(=O)c3cc(O)c(O)c(O)c3)C(O)O[C@@H]2COC(=O)C2=CC(=O)[C@]3(O)O[C@]4(O)C(=O)C=C1C1C2[C@@]3(O)O[C@@]14O. The van der Waals surface area contributed by atoms with Crippen LogP contribution in [0.25, 0.3) is 0 Å². The second-order valence-electron chi connectivity index (χ2n) is 13.8. The van der Waals surface area contributed by atoms with Gasteiger partial charge in [-0.2, -0.15) is 0 Å². The molecule has 3 unspecified atom stereocenters. The first kappa shape index (κ1) is 38.5. The number of aliphatic hydroxyl groups excluding tert-OH is 1. The lowest BCUT2D eigenvalue weighted by Gasteiger charge is -2.52. The molecule has 0 aromatic heterocycles. The van der Waals surface area contributed by atoms with Crippen LogP contribution in [-0.2, 0) is 52.3 Å². The van der Waals surface area contributed by atoms with Gasteiger partial charge in [0.25, 0.3) is 11.6 Å². The molecule has 4 aliphatic heterocycles. The first-order chi connectivity index (χ1) is 27.1. The maximum Gasteiger partial charge on any atom is 0.339 e. The Kier molecular flexibility index (Phi) is 8.17. The van der Waals surface area contributed by atoms with Crippen LogP contribution in [0.3, 0.4) is 0 Å². The van der Waals surface area contributed by atoms with Crippen molar-refractivity contribution >= 4 is 35.4 Å². The van der Waals surface area contributed by atoms with Crippen LogP contribution in [-0.4, -0.2) is 152 Å². The van der Waals surface area contributed by atoms with Crippen LogP contribution >= 0.6 is 0 Å². The van der Waals surface area contributed by atoms with Crippen molar-refractivity contribution < 1.29 is 118 Å². The third-order valence-electron chi connectivity index (χ3n) is 10.5. The number of aliphatic hydroxyl groups is 5. The molecule has 2 aromatic rings.